The second kappa shape index (κ2) is 5.50. The summed E-state index contributed by atoms with van der Waals surface area (Å²) in [6, 6.07) is 6.84. The van der Waals surface area contributed by atoms with Gasteiger partial charge in [-0.2, -0.15) is 15.6 Å². The SMILES string of the molecule is Cc1cc(Br)cc(Cl)c1NN=C(C#N)C#N. The molecule has 0 amide bonds. The largest absolute Gasteiger partial charge is 0.275 e. The Bertz CT molecular complexity index is 486. The molecule has 4 nitrogen and oxygen atoms in total. The maximum atomic E-state index is 8.50. The summed E-state index contributed by atoms with van der Waals surface area (Å²) >= 11 is 9.28. The summed E-state index contributed by atoms with van der Waals surface area (Å²) in [4.78, 5) is 0. The summed E-state index contributed by atoms with van der Waals surface area (Å²) in [6.07, 6.45) is 0. The zero-order valence-corrected chi connectivity index (χ0v) is 10.6. The quantitative estimate of drug-likeness (QED) is 0.673. The number of nitrogens with zero attached hydrogens (tertiary/aromatic N) is 3. The van der Waals surface area contributed by atoms with E-state index in [-0.39, 0.29) is 5.71 Å². The number of nitrogens with one attached hydrogen (secondary N) is 1. The van der Waals surface area contributed by atoms with Crippen LogP contribution in [0.15, 0.2) is 21.7 Å². The first-order valence-corrected chi connectivity index (χ1v) is 5.35. The van der Waals surface area contributed by atoms with Gasteiger partial charge in [-0.25, -0.2) is 0 Å². The van der Waals surface area contributed by atoms with Crippen LogP contribution in [0.25, 0.3) is 0 Å². The van der Waals surface area contributed by atoms with Gasteiger partial charge >= 0.3 is 0 Å². The smallest absolute Gasteiger partial charge is 0.237 e. The Morgan fingerprint density at radius 2 is 2.06 bits per heavy atom. The Kier molecular flexibility index (Phi) is 4.30. The summed E-state index contributed by atoms with van der Waals surface area (Å²) in [5, 5.41) is 21.1. The van der Waals surface area contributed by atoms with Gasteiger partial charge in [-0.05, 0) is 24.6 Å². The number of anilines is 1. The molecular formula is C10H6BrClN4. The molecular weight excluding hydrogens is 291 g/mol. The zero-order valence-electron chi connectivity index (χ0n) is 8.25. The molecule has 0 aliphatic carbocycles. The molecule has 0 spiro atoms. The molecule has 0 unspecified atom stereocenters. The van der Waals surface area contributed by atoms with Crippen LogP contribution in [0.3, 0.4) is 0 Å². The van der Waals surface area contributed by atoms with E-state index in [1.165, 1.54) is 0 Å². The van der Waals surface area contributed by atoms with Crippen molar-refractivity contribution in [3.8, 4) is 12.1 Å². The average molecular weight is 298 g/mol. The van der Waals surface area contributed by atoms with Gasteiger partial charge in [0.15, 0.2) is 0 Å². The van der Waals surface area contributed by atoms with E-state index in [0.29, 0.717) is 10.7 Å². The van der Waals surface area contributed by atoms with Crippen molar-refractivity contribution in [3.05, 3.63) is 27.2 Å². The third-order valence-electron chi connectivity index (χ3n) is 1.74. The van der Waals surface area contributed by atoms with Crippen LogP contribution >= 0.6 is 27.5 Å². The van der Waals surface area contributed by atoms with Crippen molar-refractivity contribution < 1.29 is 0 Å². The van der Waals surface area contributed by atoms with E-state index in [1.54, 1.807) is 18.2 Å². The van der Waals surface area contributed by atoms with E-state index in [2.05, 4.69) is 26.5 Å². The fourth-order valence-electron chi connectivity index (χ4n) is 1.03. The van der Waals surface area contributed by atoms with Gasteiger partial charge in [0, 0.05) is 4.47 Å². The molecule has 0 heterocycles. The minimum atomic E-state index is -0.251. The minimum absolute atomic E-state index is 0.251. The summed E-state index contributed by atoms with van der Waals surface area (Å²) in [6.45, 7) is 1.84. The van der Waals surface area contributed by atoms with E-state index in [9.17, 15) is 0 Å². The van der Waals surface area contributed by atoms with Gasteiger partial charge in [0.05, 0.1) is 10.7 Å². The minimum Gasteiger partial charge on any atom is -0.275 e. The Labute approximate surface area is 106 Å². The van der Waals surface area contributed by atoms with E-state index in [0.717, 1.165) is 10.0 Å². The molecule has 0 saturated carbocycles. The van der Waals surface area contributed by atoms with Gasteiger partial charge < -0.3 is 0 Å². The standard InChI is InChI=1S/C10H6BrClN4/c1-6-2-7(11)3-9(12)10(6)16-15-8(4-13)5-14/h2-3,16H,1H3. The average Bonchev–Trinajstić information content (AvgIpc) is 2.22. The highest BCUT2D eigenvalue weighted by molar-refractivity contribution is 9.10. The highest BCUT2D eigenvalue weighted by Gasteiger charge is 2.05. The van der Waals surface area contributed by atoms with E-state index >= 15 is 0 Å². The topological polar surface area (TPSA) is 72.0 Å². The molecule has 1 aromatic carbocycles. The number of hydrogen-bond acceptors (Lipinski definition) is 4. The molecule has 0 radical (unpaired) electrons. The van der Waals surface area contributed by atoms with Crippen molar-refractivity contribution in [2.24, 2.45) is 5.10 Å². The monoisotopic (exact) mass is 296 g/mol. The number of aryl methyl sites for hydroxylation is 1. The normalized spacial score (nSPS) is 8.81. The van der Waals surface area contributed by atoms with Crippen LogP contribution in [0, 0.1) is 29.6 Å². The van der Waals surface area contributed by atoms with Gasteiger partial charge in [0.1, 0.15) is 12.1 Å². The fourth-order valence-corrected chi connectivity index (χ4v) is 2.04. The zero-order chi connectivity index (χ0) is 12.1. The molecule has 0 aromatic heterocycles. The highest BCUT2D eigenvalue weighted by atomic mass is 79.9. The second-order valence-electron chi connectivity index (χ2n) is 2.88. The van der Waals surface area contributed by atoms with Crippen LogP contribution in [0.5, 0.6) is 0 Å². The molecule has 1 aromatic rings. The van der Waals surface area contributed by atoms with Crippen molar-refractivity contribution in [3.63, 3.8) is 0 Å². The summed E-state index contributed by atoms with van der Waals surface area (Å²) in [5.41, 5.74) is 3.79. The van der Waals surface area contributed by atoms with Crippen LogP contribution in [-0.2, 0) is 0 Å². The van der Waals surface area contributed by atoms with Crippen molar-refractivity contribution in [2.45, 2.75) is 6.92 Å². The molecule has 6 heteroatoms. The number of hydrazone groups is 1. The van der Waals surface area contributed by atoms with E-state index in [1.807, 2.05) is 13.0 Å². The van der Waals surface area contributed by atoms with Gasteiger partial charge in [-0.3, -0.25) is 5.43 Å². The summed E-state index contributed by atoms with van der Waals surface area (Å²) in [7, 11) is 0. The predicted octanol–water partition coefficient (Wildman–Crippen LogP) is 3.23. The van der Waals surface area contributed by atoms with Crippen molar-refractivity contribution in [1.29, 1.82) is 10.5 Å². The van der Waals surface area contributed by atoms with Crippen LogP contribution in [-0.4, -0.2) is 5.71 Å². The van der Waals surface area contributed by atoms with Crippen LogP contribution in [0.1, 0.15) is 5.56 Å². The first-order valence-electron chi connectivity index (χ1n) is 4.18. The van der Waals surface area contributed by atoms with Gasteiger partial charge in [0.2, 0.25) is 5.71 Å². The van der Waals surface area contributed by atoms with Gasteiger partial charge in [-0.1, -0.05) is 27.5 Å². The summed E-state index contributed by atoms with van der Waals surface area (Å²) in [5.74, 6) is 0. The molecule has 0 atom stereocenters. The predicted molar refractivity (Wildman–Crippen MR) is 66.2 cm³/mol. The lowest BCUT2D eigenvalue weighted by molar-refractivity contribution is 1.30. The van der Waals surface area contributed by atoms with E-state index < -0.39 is 0 Å². The Morgan fingerprint density at radius 3 is 2.56 bits per heavy atom. The lowest BCUT2D eigenvalue weighted by Gasteiger charge is -2.07. The van der Waals surface area contributed by atoms with Crippen LogP contribution < -0.4 is 5.43 Å². The lowest BCUT2D eigenvalue weighted by atomic mass is 10.2. The van der Waals surface area contributed by atoms with Crippen LogP contribution in [0.2, 0.25) is 5.02 Å². The molecule has 80 valence electrons. The third kappa shape index (κ3) is 2.96. The first-order chi connectivity index (χ1) is 7.58. The number of hydrogen-bond donors (Lipinski definition) is 1. The molecule has 0 aliphatic rings. The van der Waals surface area contributed by atoms with Crippen molar-refractivity contribution in [1.82, 2.24) is 0 Å². The van der Waals surface area contributed by atoms with Crippen molar-refractivity contribution in [2.75, 3.05) is 5.43 Å². The molecule has 1 N–H and O–H groups in total. The maximum absolute atomic E-state index is 8.50. The Morgan fingerprint density at radius 1 is 1.44 bits per heavy atom. The molecule has 16 heavy (non-hydrogen) atoms. The lowest BCUT2D eigenvalue weighted by Crippen LogP contribution is -1.98. The fraction of sp³-hybridized carbons (Fsp3) is 0.100. The first kappa shape index (κ1) is 12.5. The number of benzene rings is 1. The number of halogens is 2. The second-order valence-corrected chi connectivity index (χ2v) is 4.20. The third-order valence-corrected chi connectivity index (χ3v) is 2.50. The van der Waals surface area contributed by atoms with Crippen LogP contribution in [0.4, 0.5) is 5.69 Å². The van der Waals surface area contributed by atoms with Gasteiger partial charge in [-0.15, -0.1) is 0 Å². The molecule has 1 rings (SSSR count). The molecule has 0 aliphatic heterocycles. The highest BCUT2D eigenvalue weighted by Crippen LogP contribution is 2.29. The maximum Gasteiger partial charge on any atom is 0.237 e. The molecule has 0 fully saturated rings. The Hall–Kier alpha value is -1.56. The number of rotatable bonds is 2. The Balaban J connectivity index is 3.05. The number of nitriles is 2. The van der Waals surface area contributed by atoms with Crippen molar-refractivity contribution >= 4 is 38.9 Å². The van der Waals surface area contributed by atoms with E-state index in [4.69, 9.17) is 22.1 Å². The molecule has 0 bridgehead atoms. The summed E-state index contributed by atoms with van der Waals surface area (Å²) < 4.78 is 0.852. The van der Waals surface area contributed by atoms with Gasteiger partial charge in [0.25, 0.3) is 0 Å². The molecule has 0 saturated heterocycles.